The molecule has 2 aliphatic rings. The van der Waals surface area contributed by atoms with Crippen molar-refractivity contribution in [2.75, 3.05) is 25.5 Å². The summed E-state index contributed by atoms with van der Waals surface area (Å²) in [6.07, 6.45) is 7.71. The van der Waals surface area contributed by atoms with Crippen molar-refractivity contribution in [3.63, 3.8) is 0 Å². The van der Waals surface area contributed by atoms with Crippen LogP contribution in [0.3, 0.4) is 0 Å². The lowest BCUT2D eigenvalue weighted by atomic mass is 9.77. The highest BCUT2D eigenvalue weighted by Crippen LogP contribution is 2.46. The van der Waals surface area contributed by atoms with Gasteiger partial charge in [0, 0.05) is 25.7 Å². The number of hydrogen-bond acceptors (Lipinski definition) is 3. The average Bonchev–Trinajstić information content (AvgIpc) is 2.95. The molecule has 21 heavy (non-hydrogen) atoms. The lowest BCUT2D eigenvalue weighted by Crippen LogP contribution is -2.42. The first kappa shape index (κ1) is 14.6. The number of carbonyl (C=O) groups is 1. The van der Waals surface area contributed by atoms with E-state index in [2.05, 4.69) is 10.3 Å². The fourth-order valence-corrected chi connectivity index (χ4v) is 3.95. The fraction of sp³-hybridized carbons (Fsp3) is 0.625. The predicted octanol–water partition coefficient (Wildman–Crippen LogP) is 3.57. The standard InChI is InChI=1S/C16H22ClN3O/c1-18-14-11-12(10-13(17)19-14)15(21)20-8-6-16(7-9-20)4-2-3-5-16/h10-11H,2-9H2,1H3,(H,18,19). The molecule has 0 aromatic carbocycles. The average molecular weight is 308 g/mol. The molecule has 1 amide bonds. The van der Waals surface area contributed by atoms with Crippen LogP contribution in [0, 0.1) is 5.41 Å². The van der Waals surface area contributed by atoms with Crippen LogP contribution in [-0.2, 0) is 0 Å². The number of nitrogens with one attached hydrogen (secondary N) is 1. The Kier molecular flexibility index (Phi) is 4.07. The van der Waals surface area contributed by atoms with Gasteiger partial charge in [-0.05, 0) is 43.2 Å². The lowest BCUT2D eigenvalue weighted by Gasteiger charge is -2.39. The summed E-state index contributed by atoms with van der Waals surface area (Å²) in [5.41, 5.74) is 1.16. The van der Waals surface area contributed by atoms with Crippen LogP contribution < -0.4 is 5.32 Å². The summed E-state index contributed by atoms with van der Waals surface area (Å²) >= 11 is 5.99. The second-order valence-electron chi connectivity index (χ2n) is 6.31. The zero-order chi connectivity index (χ0) is 14.9. The van der Waals surface area contributed by atoms with Crippen LogP contribution in [0.2, 0.25) is 5.15 Å². The van der Waals surface area contributed by atoms with Gasteiger partial charge in [0.25, 0.3) is 5.91 Å². The molecule has 0 radical (unpaired) electrons. The SMILES string of the molecule is CNc1cc(C(=O)N2CCC3(CCCC3)CC2)cc(Cl)n1. The van der Waals surface area contributed by atoms with E-state index in [1.807, 2.05) is 4.90 Å². The molecule has 1 aromatic rings. The van der Waals surface area contributed by atoms with E-state index in [9.17, 15) is 4.79 Å². The van der Waals surface area contributed by atoms with E-state index in [-0.39, 0.29) is 5.91 Å². The summed E-state index contributed by atoms with van der Waals surface area (Å²) in [7, 11) is 1.78. The zero-order valence-electron chi connectivity index (χ0n) is 12.5. The van der Waals surface area contributed by atoms with Gasteiger partial charge in [0.15, 0.2) is 0 Å². The largest absolute Gasteiger partial charge is 0.373 e. The van der Waals surface area contributed by atoms with Gasteiger partial charge in [-0.1, -0.05) is 24.4 Å². The third kappa shape index (κ3) is 3.00. The maximum Gasteiger partial charge on any atom is 0.254 e. The van der Waals surface area contributed by atoms with Crippen molar-refractivity contribution in [3.8, 4) is 0 Å². The molecule has 1 spiro atoms. The predicted molar refractivity (Wildman–Crippen MR) is 84.8 cm³/mol. The van der Waals surface area contributed by atoms with Gasteiger partial charge in [-0.25, -0.2) is 4.98 Å². The number of rotatable bonds is 2. The number of piperidine rings is 1. The van der Waals surface area contributed by atoms with E-state index < -0.39 is 0 Å². The molecule has 0 atom stereocenters. The van der Waals surface area contributed by atoms with E-state index in [1.165, 1.54) is 25.7 Å². The summed E-state index contributed by atoms with van der Waals surface area (Å²) in [4.78, 5) is 18.7. The first-order chi connectivity index (χ1) is 10.1. The number of anilines is 1. The van der Waals surface area contributed by atoms with Gasteiger partial charge in [0.2, 0.25) is 0 Å². The molecular formula is C16H22ClN3O. The van der Waals surface area contributed by atoms with Gasteiger partial charge < -0.3 is 10.2 Å². The molecule has 3 rings (SSSR count). The second kappa shape index (κ2) is 5.84. The van der Waals surface area contributed by atoms with Gasteiger partial charge >= 0.3 is 0 Å². The van der Waals surface area contributed by atoms with Gasteiger partial charge in [0.05, 0.1) is 0 Å². The molecule has 0 unspecified atom stereocenters. The van der Waals surface area contributed by atoms with Crippen molar-refractivity contribution < 1.29 is 4.79 Å². The molecule has 2 fully saturated rings. The van der Waals surface area contributed by atoms with E-state index in [4.69, 9.17) is 11.6 Å². The Morgan fingerprint density at radius 1 is 1.24 bits per heavy atom. The van der Waals surface area contributed by atoms with Crippen LogP contribution in [0.5, 0.6) is 0 Å². The Morgan fingerprint density at radius 3 is 2.52 bits per heavy atom. The van der Waals surface area contributed by atoms with E-state index >= 15 is 0 Å². The number of hydrogen-bond donors (Lipinski definition) is 1. The molecule has 1 aromatic heterocycles. The number of aromatic nitrogens is 1. The van der Waals surface area contributed by atoms with Crippen molar-refractivity contribution in [3.05, 3.63) is 22.8 Å². The van der Waals surface area contributed by atoms with Crippen LogP contribution in [0.15, 0.2) is 12.1 Å². The first-order valence-corrected chi connectivity index (χ1v) is 8.14. The number of carbonyl (C=O) groups excluding carboxylic acids is 1. The highest BCUT2D eigenvalue weighted by atomic mass is 35.5. The molecule has 4 nitrogen and oxygen atoms in total. The second-order valence-corrected chi connectivity index (χ2v) is 6.70. The monoisotopic (exact) mass is 307 g/mol. The Hall–Kier alpha value is -1.29. The van der Waals surface area contributed by atoms with Crippen molar-refractivity contribution in [1.82, 2.24) is 9.88 Å². The summed E-state index contributed by atoms with van der Waals surface area (Å²) in [5, 5.41) is 3.30. The Bertz CT molecular complexity index is 530. The maximum absolute atomic E-state index is 12.6. The normalized spacial score (nSPS) is 20.8. The number of pyridine rings is 1. The van der Waals surface area contributed by atoms with Gasteiger partial charge in [-0.2, -0.15) is 0 Å². The minimum absolute atomic E-state index is 0.0728. The quantitative estimate of drug-likeness (QED) is 0.850. The van der Waals surface area contributed by atoms with Gasteiger partial charge in [0.1, 0.15) is 11.0 Å². The van der Waals surface area contributed by atoms with Crippen molar-refractivity contribution in [2.45, 2.75) is 38.5 Å². The minimum Gasteiger partial charge on any atom is -0.373 e. The number of halogens is 1. The summed E-state index contributed by atoms with van der Waals surface area (Å²) in [6, 6.07) is 3.43. The molecule has 1 aliphatic heterocycles. The lowest BCUT2D eigenvalue weighted by molar-refractivity contribution is 0.0587. The fourth-order valence-electron chi connectivity index (χ4n) is 3.74. The maximum atomic E-state index is 12.6. The molecule has 1 N–H and O–H groups in total. The van der Waals surface area contributed by atoms with Crippen molar-refractivity contribution in [2.24, 2.45) is 5.41 Å². The summed E-state index contributed by atoms with van der Waals surface area (Å²) in [6.45, 7) is 1.74. The molecule has 5 heteroatoms. The third-order valence-electron chi connectivity index (χ3n) is 5.07. The molecule has 1 aliphatic carbocycles. The molecule has 0 bridgehead atoms. The van der Waals surface area contributed by atoms with E-state index in [1.54, 1.807) is 19.2 Å². The topological polar surface area (TPSA) is 45.2 Å². The Balaban J connectivity index is 1.70. The zero-order valence-corrected chi connectivity index (χ0v) is 13.2. The van der Waals surface area contributed by atoms with Crippen LogP contribution in [0.1, 0.15) is 48.9 Å². The van der Waals surface area contributed by atoms with Gasteiger partial charge in [-0.15, -0.1) is 0 Å². The molecular weight excluding hydrogens is 286 g/mol. The van der Waals surface area contributed by atoms with E-state index in [0.717, 1.165) is 25.9 Å². The number of likely N-dealkylation sites (tertiary alicyclic amines) is 1. The van der Waals surface area contributed by atoms with E-state index in [0.29, 0.717) is 21.9 Å². The smallest absolute Gasteiger partial charge is 0.254 e. The van der Waals surface area contributed by atoms with Crippen molar-refractivity contribution >= 4 is 23.3 Å². The minimum atomic E-state index is 0.0728. The summed E-state index contributed by atoms with van der Waals surface area (Å²) < 4.78 is 0. The third-order valence-corrected chi connectivity index (χ3v) is 5.27. The van der Waals surface area contributed by atoms with Crippen LogP contribution in [-0.4, -0.2) is 35.9 Å². The van der Waals surface area contributed by atoms with Crippen LogP contribution in [0.4, 0.5) is 5.82 Å². The first-order valence-electron chi connectivity index (χ1n) is 7.77. The molecule has 114 valence electrons. The van der Waals surface area contributed by atoms with Crippen LogP contribution >= 0.6 is 11.6 Å². The number of amides is 1. The highest BCUT2D eigenvalue weighted by molar-refractivity contribution is 6.29. The van der Waals surface area contributed by atoms with Crippen LogP contribution in [0.25, 0.3) is 0 Å². The Labute approximate surface area is 130 Å². The molecule has 1 saturated heterocycles. The Morgan fingerprint density at radius 2 is 1.90 bits per heavy atom. The van der Waals surface area contributed by atoms with Crippen molar-refractivity contribution in [1.29, 1.82) is 0 Å². The molecule has 2 heterocycles. The summed E-state index contributed by atoms with van der Waals surface area (Å²) in [5.74, 6) is 0.707. The van der Waals surface area contributed by atoms with Gasteiger partial charge in [-0.3, -0.25) is 4.79 Å². The molecule has 1 saturated carbocycles. The number of nitrogens with zero attached hydrogens (tertiary/aromatic N) is 2. The highest BCUT2D eigenvalue weighted by Gasteiger charge is 2.38.